The van der Waals surface area contributed by atoms with Crippen molar-refractivity contribution in [3.63, 3.8) is 0 Å². The highest BCUT2D eigenvalue weighted by Crippen LogP contribution is 2.23. The summed E-state index contributed by atoms with van der Waals surface area (Å²) in [5.74, 6) is -0.246. The molecule has 1 aliphatic rings. The standard InChI is InChI=1S/C13H17NO3/c15-10-3-4-11(13(17)9-10)12(16)5-8-14-6-1-2-7-14/h3-4,9,15,17H,1-2,5-8H2. The zero-order chi connectivity index (χ0) is 12.3. The first-order valence-corrected chi connectivity index (χ1v) is 5.94. The lowest BCUT2D eigenvalue weighted by Crippen LogP contribution is -2.22. The molecule has 0 saturated carbocycles. The summed E-state index contributed by atoms with van der Waals surface area (Å²) in [5.41, 5.74) is 0.294. The van der Waals surface area contributed by atoms with Gasteiger partial charge in [0, 0.05) is 19.0 Å². The van der Waals surface area contributed by atoms with E-state index in [1.54, 1.807) is 0 Å². The number of phenols is 2. The van der Waals surface area contributed by atoms with Gasteiger partial charge in [-0.25, -0.2) is 0 Å². The number of carbonyl (C=O) groups excluding carboxylic acids is 1. The number of rotatable bonds is 4. The van der Waals surface area contributed by atoms with Gasteiger partial charge in [0.05, 0.1) is 5.56 Å². The first kappa shape index (κ1) is 11.9. The molecule has 1 heterocycles. The van der Waals surface area contributed by atoms with Gasteiger partial charge in [-0.1, -0.05) is 0 Å². The van der Waals surface area contributed by atoms with E-state index in [-0.39, 0.29) is 17.3 Å². The minimum Gasteiger partial charge on any atom is -0.508 e. The van der Waals surface area contributed by atoms with Gasteiger partial charge < -0.3 is 15.1 Å². The molecule has 0 amide bonds. The number of benzene rings is 1. The Morgan fingerprint density at radius 1 is 1.24 bits per heavy atom. The van der Waals surface area contributed by atoms with Gasteiger partial charge in [0.2, 0.25) is 0 Å². The van der Waals surface area contributed by atoms with Crippen molar-refractivity contribution in [3.05, 3.63) is 23.8 Å². The minimum absolute atomic E-state index is 0.0291. The van der Waals surface area contributed by atoms with Crippen molar-refractivity contribution in [1.29, 1.82) is 0 Å². The molecule has 1 aliphatic heterocycles. The molecule has 92 valence electrons. The van der Waals surface area contributed by atoms with Crippen molar-refractivity contribution in [2.45, 2.75) is 19.3 Å². The maximum absolute atomic E-state index is 11.9. The summed E-state index contributed by atoms with van der Waals surface area (Å²) in [7, 11) is 0. The molecule has 2 rings (SSSR count). The highest BCUT2D eigenvalue weighted by molar-refractivity contribution is 5.98. The second-order valence-corrected chi connectivity index (χ2v) is 4.42. The van der Waals surface area contributed by atoms with Gasteiger partial charge in [0.15, 0.2) is 5.78 Å². The molecule has 1 fully saturated rings. The zero-order valence-electron chi connectivity index (χ0n) is 9.72. The number of Topliss-reactive ketones (excluding diaryl/α,β-unsaturated/α-hetero) is 1. The van der Waals surface area contributed by atoms with Crippen LogP contribution in [0.1, 0.15) is 29.6 Å². The lowest BCUT2D eigenvalue weighted by molar-refractivity contribution is 0.0966. The molecule has 17 heavy (non-hydrogen) atoms. The van der Waals surface area contributed by atoms with E-state index in [9.17, 15) is 9.90 Å². The molecule has 0 atom stereocenters. The second kappa shape index (κ2) is 5.19. The molecule has 2 N–H and O–H groups in total. The van der Waals surface area contributed by atoms with Gasteiger partial charge in [0.1, 0.15) is 11.5 Å². The number of carbonyl (C=O) groups is 1. The van der Waals surface area contributed by atoms with Crippen LogP contribution in [0.15, 0.2) is 18.2 Å². The lowest BCUT2D eigenvalue weighted by atomic mass is 10.1. The molecule has 1 saturated heterocycles. The average molecular weight is 235 g/mol. The summed E-state index contributed by atoms with van der Waals surface area (Å²) < 4.78 is 0. The van der Waals surface area contributed by atoms with Crippen molar-refractivity contribution in [3.8, 4) is 11.5 Å². The van der Waals surface area contributed by atoms with Crippen molar-refractivity contribution in [1.82, 2.24) is 4.90 Å². The molecule has 1 aromatic rings. The maximum Gasteiger partial charge on any atom is 0.167 e. The number of ketones is 1. The van der Waals surface area contributed by atoms with Crippen molar-refractivity contribution >= 4 is 5.78 Å². The Balaban J connectivity index is 1.94. The van der Waals surface area contributed by atoms with Crippen molar-refractivity contribution in [2.24, 2.45) is 0 Å². The largest absolute Gasteiger partial charge is 0.508 e. The van der Waals surface area contributed by atoms with E-state index in [0.717, 1.165) is 19.6 Å². The van der Waals surface area contributed by atoms with Crippen LogP contribution in [0.4, 0.5) is 0 Å². The summed E-state index contributed by atoms with van der Waals surface area (Å²) >= 11 is 0. The third-order valence-electron chi connectivity index (χ3n) is 3.14. The number of phenolic OH excluding ortho intramolecular Hbond substituents is 2. The third kappa shape index (κ3) is 2.97. The Hall–Kier alpha value is -1.55. The molecule has 0 unspecified atom stereocenters. The normalized spacial score (nSPS) is 16.2. The van der Waals surface area contributed by atoms with Crippen LogP contribution in [-0.2, 0) is 0 Å². The van der Waals surface area contributed by atoms with Crippen LogP contribution in [0.5, 0.6) is 11.5 Å². The third-order valence-corrected chi connectivity index (χ3v) is 3.14. The molecule has 0 aromatic heterocycles. The SMILES string of the molecule is O=C(CCN1CCCC1)c1ccc(O)cc1O. The van der Waals surface area contributed by atoms with Crippen molar-refractivity contribution in [2.75, 3.05) is 19.6 Å². The highest BCUT2D eigenvalue weighted by atomic mass is 16.3. The van der Waals surface area contributed by atoms with Crippen LogP contribution < -0.4 is 0 Å². The molecule has 0 spiro atoms. The molecule has 0 aliphatic carbocycles. The first-order valence-electron chi connectivity index (χ1n) is 5.94. The van der Waals surface area contributed by atoms with Crippen LogP contribution in [-0.4, -0.2) is 40.5 Å². The monoisotopic (exact) mass is 235 g/mol. The van der Waals surface area contributed by atoms with Gasteiger partial charge >= 0.3 is 0 Å². The van der Waals surface area contributed by atoms with E-state index in [1.807, 2.05) is 0 Å². The summed E-state index contributed by atoms with van der Waals surface area (Å²) in [6, 6.07) is 4.09. The van der Waals surface area contributed by atoms with Crippen LogP contribution in [0.2, 0.25) is 0 Å². The number of likely N-dealkylation sites (tertiary alicyclic amines) is 1. The molecule has 1 aromatic carbocycles. The number of hydrogen-bond donors (Lipinski definition) is 2. The molecule has 4 nitrogen and oxygen atoms in total. The Bertz CT molecular complexity index is 411. The minimum atomic E-state index is -0.142. The molecule has 4 heteroatoms. The first-order chi connectivity index (χ1) is 8.16. The van der Waals surface area contributed by atoms with E-state index in [1.165, 1.54) is 31.0 Å². The Kier molecular flexibility index (Phi) is 3.64. The van der Waals surface area contributed by atoms with Gasteiger partial charge in [-0.05, 0) is 38.1 Å². The van der Waals surface area contributed by atoms with Gasteiger partial charge in [-0.15, -0.1) is 0 Å². The number of aromatic hydroxyl groups is 2. The zero-order valence-corrected chi connectivity index (χ0v) is 9.72. The average Bonchev–Trinajstić information content (AvgIpc) is 2.78. The maximum atomic E-state index is 11.9. The fourth-order valence-corrected chi connectivity index (χ4v) is 2.16. The predicted molar refractivity (Wildman–Crippen MR) is 64.4 cm³/mol. The van der Waals surface area contributed by atoms with Crippen LogP contribution in [0.25, 0.3) is 0 Å². The summed E-state index contributed by atoms with van der Waals surface area (Å²) in [6.45, 7) is 2.88. The lowest BCUT2D eigenvalue weighted by Gasteiger charge is -2.13. The van der Waals surface area contributed by atoms with Gasteiger partial charge in [-0.2, -0.15) is 0 Å². The number of nitrogens with zero attached hydrogens (tertiary/aromatic N) is 1. The quantitative estimate of drug-likeness (QED) is 0.781. The molecular formula is C13H17NO3. The molecule has 0 radical (unpaired) electrons. The summed E-state index contributed by atoms with van der Waals surface area (Å²) in [4.78, 5) is 14.1. The Labute approximate surface area is 100 Å². The molecular weight excluding hydrogens is 218 g/mol. The van der Waals surface area contributed by atoms with E-state index in [4.69, 9.17) is 5.11 Å². The highest BCUT2D eigenvalue weighted by Gasteiger charge is 2.15. The van der Waals surface area contributed by atoms with Crippen LogP contribution >= 0.6 is 0 Å². The summed E-state index contributed by atoms with van der Waals surface area (Å²) in [6.07, 6.45) is 2.83. The predicted octanol–water partition coefficient (Wildman–Crippen LogP) is 1.77. The number of hydrogen-bond acceptors (Lipinski definition) is 4. The molecule has 0 bridgehead atoms. The van der Waals surface area contributed by atoms with E-state index in [2.05, 4.69) is 4.90 Å². The summed E-state index contributed by atoms with van der Waals surface area (Å²) in [5, 5.41) is 18.7. The second-order valence-electron chi connectivity index (χ2n) is 4.42. The van der Waals surface area contributed by atoms with Crippen LogP contribution in [0, 0.1) is 0 Å². The smallest absolute Gasteiger partial charge is 0.167 e. The Morgan fingerprint density at radius 2 is 1.94 bits per heavy atom. The van der Waals surface area contributed by atoms with Gasteiger partial charge in [0.25, 0.3) is 0 Å². The topological polar surface area (TPSA) is 60.8 Å². The van der Waals surface area contributed by atoms with E-state index >= 15 is 0 Å². The fourth-order valence-electron chi connectivity index (χ4n) is 2.16. The van der Waals surface area contributed by atoms with Gasteiger partial charge in [-0.3, -0.25) is 4.79 Å². The van der Waals surface area contributed by atoms with Crippen LogP contribution in [0.3, 0.4) is 0 Å². The van der Waals surface area contributed by atoms with E-state index < -0.39 is 0 Å². The Morgan fingerprint density at radius 3 is 2.59 bits per heavy atom. The van der Waals surface area contributed by atoms with Crippen molar-refractivity contribution < 1.29 is 15.0 Å². The fraction of sp³-hybridized carbons (Fsp3) is 0.462. The van der Waals surface area contributed by atoms with E-state index in [0.29, 0.717) is 12.0 Å².